The number of nitrogens with one attached hydrogen (secondary N) is 2. The normalized spacial score (nSPS) is 10.4. The number of halogens is 2. The smallest absolute Gasteiger partial charge is 0.229 e. The first-order valence-corrected chi connectivity index (χ1v) is 7.75. The van der Waals surface area contributed by atoms with Crippen molar-refractivity contribution in [3.63, 3.8) is 0 Å². The van der Waals surface area contributed by atoms with Gasteiger partial charge in [-0.15, -0.1) is 0 Å². The molecule has 0 saturated carbocycles. The third-order valence-corrected chi connectivity index (χ3v) is 3.82. The van der Waals surface area contributed by atoms with Gasteiger partial charge in [0, 0.05) is 23.1 Å². The third-order valence-electron chi connectivity index (χ3n) is 3.08. The molecule has 0 unspecified atom stereocenters. The molecule has 4 nitrogen and oxygen atoms in total. The highest BCUT2D eigenvalue weighted by atomic mass is 35.5. The molecule has 0 aliphatic carbocycles. The van der Waals surface area contributed by atoms with Crippen LogP contribution in [0.4, 0.5) is 23.1 Å². The third kappa shape index (κ3) is 4.12. The average molecular weight is 345 g/mol. The van der Waals surface area contributed by atoms with Crippen LogP contribution in [0.15, 0.2) is 54.6 Å². The zero-order chi connectivity index (χ0) is 16.2. The van der Waals surface area contributed by atoms with Gasteiger partial charge in [0.1, 0.15) is 5.82 Å². The van der Waals surface area contributed by atoms with Gasteiger partial charge >= 0.3 is 0 Å². The van der Waals surface area contributed by atoms with Gasteiger partial charge in [-0.05, 0) is 37.3 Å². The molecule has 0 amide bonds. The molecule has 1 aromatic heterocycles. The number of benzene rings is 2. The topological polar surface area (TPSA) is 49.8 Å². The Kier molecular flexibility index (Phi) is 4.65. The molecule has 6 heteroatoms. The molecule has 0 atom stereocenters. The van der Waals surface area contributed by atoms with Gasteiger partial charge < -0.3 is 10.6 Å². The quantitative estimate of drug-likeness (QED) is 0.648. The first-order chi connectivity index (χ1) is 11.1. The molecule has 0 aliphatic rings. The van der Waals surface area contributed by atoms with E-state index in [0.717, 1.165) is 17.1 Å². The molecule has 0 saturated heterocycles. The monoisotopic (exact) mass is 344 g/mol. The summed E-state index contributed by atoms with van der Waals surface area (Å²) in [5, 5.41) is 7.39. The first kappa shape index (κ1) is 15.6. The molecule has 3 aromatic rings. The van der Waals surface area contributed by atoms with E-state index in [4.69, 9.17) is 23.2 Å². The van der Waals surface area contributed by atoms with Crippen molar-refractivity contribution in [1.29, 1.82) is 0 Å². The maximum Gasteiger partial charge on any atom is 0.229 e. The van der Waals surface area contributed by atoms with E-state index in [1.807, 2.05) is 49.4 Å². The van der Waals surface area contributed by atoms with Gasteiger partial charge in [-0.3, -0.25) is 0 Å². The summed E-state index contributed by atoms with van der Waals surface area (Å²) in [6.45, 7) is 1.91. The molecule has 0 spiro atoms. The number of para-hydroxylation sites is 1. The summed E-state index contributed by atoms with van der Waals surface area (Å²) in [6.07, 6.45) is 0. The van der Waals surface area contributed by atoms with Crippen LogP contribution in [0.3, 0.4) is 0 Å². The molecule has 0 radical (unpaired) electrons. The van der Waals surface area contributed by atoms with Crippen molar-refractivity contribution in [1.82, 2.24) is 9.97 Å². The summed E-state index contributed by atoms with van der Waals surface area (Å²) in [4.78, 5) is 8.86. The van der Waals surface area contributed by atoms with Crippen LogP contribution in [0, 0.1) is 6.92 Å². The lowest BCUT2D eigenvalue weighted by molar-refractivity contribution is 1.11. The molecule has 0 bridgehead atoms. The molecule has 23 heavy (non-hydrogen) atoms. The van der Waals surface area contributed by atoms with Crippen LogP contribution in [-0.2, 0) is 0 Å². The molecule has 0 aliphatic heterocycles. The van der Waals surface area contributed by atoms with Crippen molar-refractivity contribution in [2.45, 2.75) is 6.92 Å². The molecule has 0 fully saturated rings. The Bertz CT molecular complexity index is 822. The van der Waals surface area contributed by atoms with Crippen molar-refractivity contribution in [3.8, 4) is 0 Å². The number of anilines is 4. The number of hydrogen-bond acceptors (Lipinski definition) is 4. The lowest BCUT2D eigenvalue weighted by Crippen LogP contribution is -2.02. The van der Waals surface area contributed by atoms with Gasteiger partial charge in [0.2, 0.25) is 5.95 Å². The van der Waals surface area contributed by atoms with Crippen LogP contribution in [0.2, 0.25) is 10.0 Å². The fourth-order valence-corrected chi connectivity index (χ4v) is 2.36. The van der Waals surface area contributed by atoms with E-state index in [0.29, 0.717) is 21.8 Å². The fourth-order valence-electron chi connectivity index (χ4n) is 2.06. The fraction of sp³-hybridized carbons (Fsp3) is 0.0588. The van der Waals surface area contributed by atoms with Gasteiger partial charge in [0.05, 0.1) is 10.0 Å². The van der Waals surface area contributed by atoms with E-state index in [1.54, 1.807) is 12.1 Å². The molecule has 1 heterocycles. The van der Waals surface area contributed by atoms with Gasteiger partial charge in [-0.2, -0.15) is 4.98 Å². The summed E-state index contributed by atoms with van der Waals surface area (Å²) < 4.78 is 0. The van der Waals surface area contributed by atoms with E-state index in [9.17, 15) is 0 Å². The van der Waals surface area contributed by atoms with Crippen molar-refractivity contribution in [2.24, 2.45) is 0 Å². The van der Waals surface area contributed by atoms with Crippen LogP contribution in [0.1, 0.15) is 5.69 Å². The number of rotatable bonds is 4. The summed E-state index contributed by atoms with van der Waals surface area (Å²) in [5.41, 5.74) is 2.59. The van der Waals surface area contributed by atoms with E-state index in [1.165, 1.54) is 0 Å². The van der Waals surface area contributed by atoms with Crippen LogP contribution >= 0.6 is 23.2 Å². The highest BCUT2D eigenvalue weighted by Gasteiger charge is 2.05. The molecule has 2 aromatic carbocycles. The summed E-state index contributed by atoms with van der Waals surface area (Å²) in [6, 6.07) is 17.0. The molecule has 2 N–H and O–H groups in total. The SMILES string of the molecule is Cc1cc(Nc2ccc(Cl)c(Cl)c2)nc(Nc2ccccc2)n1. The predicted octanol–water partition coefficient (Wildman–Crippen LogP) is 5.58. The van der Waals surface area contributed by atoms with Crippen LogP contribution in [0.25, 0.3) is 0 Å². The average Bonchev–Trinajstić information content (AvgIpc) is 2.51. The number of aryl methyl sites for hydroxylation is 1. The van der Waals surface area contributed by atoms with E-state index < -0.39 is 0 Å². The Morgan fingerprint density at radius 1 is 0.783 bits per heavy atom. The highest BCUT2D eigenvalue weighted by molar-refractivity contribution is 6.42. The number of aromatic nitrogens is 2. The van der Waals surface area contributed by atoms with Crippen molar-refractivity contribution in [2.75, 3.05) is 10.6 Å². The summed E-state index contributed by atoms with van der Waals surface area (Å²) in [7, 11) is 0. The Morgan fingerprint density at radius 2 is 1.57 bits per heavy atom. The predicted molar refractivity (Wildman–Crippen MR) is 96.2 cm³/mol. The molecule has 3 rings (SSSR count). The molecule has 116 valence electrons. The lowest BCUT2D eigenvalue weighted by atomic mass is 10.3. The van der Waals surface area contributed by atoms with E-state index in [2.05, 4.69) is 20.6 Å². The molecular weight excluding hydrogens is 331 g/mol. The number of nitrogens with zero attached hydrogens (tertiary/aromatic N) is 2. The molecular formula is C17H14Cl2N4. The lowest BCUT2D eigenvalue weighted by Gasteiger charge is -2.10. The van der Waals surface area contributed by atoms with E-state index >= 15 is 0 Å². The maximum absolute atomic E-state index is 6.03. The van der Waals surface area contributed by atoms with Crippen LogP contribution in [0.5, 0.6) is 0 Å². The van der Waals surface area contributed by atoms with Gasteiger partial charge in [0.25, 0.3) is 0 Å². The largest absolute Gasteiger partial charge is 0.340 e. The second-order valence-corrected chi connectivity index (χ2v) is 5.78. The Morgan fingerprint density at radius 3 is 2.30 bits per heavy atom. The minimum absolute atomic E-state index is 0.491. The zero-order valence-corrected chi connectivity index (χ0v) is 13.9. The van der Waals surface area contributed by atoms with Crippen molar-refractivity contribution < 1.29 is 0 Å². The van der Waals surface area contributed by atoms with Crippen molar-refractivity contribution in [3.05, 3.63) is 70.3 Å². The van der Waals surface area contributed by atoms with Gasteiger partial charge in [-0.1, -0.05) is 41.4 Å². The van der Waals surface area contributed by atoms with Gasteiger partial charge in [-0.25, -0.2) is 4.98 Å². The summed E-state index contributed by atoms with van der Waals surface area (Å²) >= 11 is 12.0. The minimum Gasteiger partial charge on any atom is -0.340 e. The Labute approximate surface area is 144 Å². The van der Waals surface area contributed by atoms with Crippen LogP contribution in [-0.4, -0.2) is 9.97 Å². The van der Waals surface area contributed by atoms with Crippen LogP contribution < -0.4 is 10.6 Å². The zero-order valence-electron chi connectivity index (χ0n) is 12.3. The summed E-state index contributed by atoms with van der Waals surface area (Å²) in [5.74, 6) is 1.20. The van der Waals surface area contributed by atoms with Gasteiger partial charge in [0.15, 0.2) is 0 Å². The van der Waals surface area contributed by atoms with E-state index in [-0.39, 0.29) is 0 Å². The van der Waals surface area contributed by atoms with Crippen molar-refractivity contribution >= 4 is 46.3 Å². The Hall–Kier alpha value is -2.30. The number of hydrogen-bond donors (Lipinski definition) is 2. The second-order valence-electron chi connectivity index (χ2n) is 4.96. The Balaban J connectivity index is 1.83. The maximum atomic E-state index is 6.03. The standard InChI is InChI=1S/C17H14Cl2N4/c1-11-9-16(21-13-7-8-14(18)15(19)10-13)23-17(20-11)22-12-5-3-2-4-6-12/h2-10H,1H3,(H2,20,21,22,23). The highest BCUT2D eigenvalue weighted by Crippen LogP contribution is 2.27. The minimum atomic E-state index is 0.491. The second kappa shape index (κ2) is 6.86. The first-order valence-electron chi connectivity index (χ1n) is 7.00.